The van der Waals surface area contributed by atoms with Crippen molar-refractivity contribution in [3.05, 3.63) is 0 Å². The van der Waals surface area contributed by atoms with E-state index >= 15 is 0 Å². The zero-order valence-electron chi connectivity index (χ0n) is 64.0. The molecular formula is C66H108N6O45. The van der Waals surface area contributed by atoms with Gasteiger partial charge in [-0.25, -0.2) is 9.59 Å². The second-order valence-electron chi connectivity index (χ2n) is 29.8. The first-order chi connectivity index (χ1) is 54.7. The Hall–Kier alpha value is -5.64. The molecule has 0 aromatic heterocycles. The van der Waals surface area contributed by atoms with Crippen molar-refractivity contribution < 1.29 is 222 Å². The molecule has 117 heavy (non-hydrogen) atoms. The summed E-state index contributed by atoms with van der Waals surface area (Å²) in [6.45, 7) is 1.56. The first-order valence-corrected chi connectivity index (χ1v) is 37.0. The lowest BCUT2D eigenvalue weighted by Crippen LogP contribution is -2.70. The average Bonchev–Trinajstić information content (AvgIpc) is 0.769. The van der Waals surface area contributed by atoms with Crippen LogP contribution in [0, 0.1) is 0 Å². The van der Waals surface area contributed by atoms with E-state index in [0.717, 1.165) is 48.5 Å². The SMILES string of the molecule is CC(=O)NC1C(O)OC(CO)C(O)C1OC1OC(COC2OC(CO[C@@]3(C(=O)O)CC(O)C(NC(C)=O)C([C@@H](NC(C)=O)[C@H](C)O)O3)C(O)C(O)C2O)C(O)C(OC2OC(CO)C(O)C(OC3OC(COC4OC(CO[C@@]5(C(=O)O)CC(O)C(NC(C)=O)C([C@@H](NC(C)=O)[C@H](C)O)O5)C(O)C(O)C4O)C(O)C(O)C3O)C2NC(C)=O)C1O. The van der Waals surface area contributed by atoms with Gasteiger partial charge in [-0.05, 0) is 13.8 Å². The van der Waals surface area contributed by atoms with E-state index in [0.29, 0.717) is 0 Å². The highest BCUT2D eigenvalue weighted by Crippen LogP contribution is 2.40. The van der Waals surface area contributed by atoms with Gasteiger partial charge in [0.15, 0.2) is 37.7 Å². The molecule has 8 saturated heterocycles. The van der Waals surface area contributed by atoms with Crippen LogP contribution >= 0.6 is 0 Å². The average molecular weight is 1710 g/mol. The summed E-state index contributed by atoms with van der Waals surface area (Å²) in [7, 11) is 0. The highest BCUT2D eigenvalue weighted by Gasteiger charge is 2.62. The number of carboxylic acids is 2. The summed E-state index contributed by atoms with van der Waals surface area (Å²) >= 11 is 0. The van der Waals surface area contributed by atoms with Crippen molar-refractivity contribution >= 4 is 47.4 Å². The number of nitrogens with one attached hydrogen (secondary N) is 6. The second-order valence-corrected chi connectivity index (χ2v) is 29.8. The second kappa shape index (κ2) is 41.0. The molecule has 28 N–H and O–H groups in total. The van der Waals surface area contributed by atoms with E-state index in [2.05, 4.69) is 31.9 Å². The Balaban J connectivity index is 1.04. The lowest BCUT2D eigenvalue weighted by atomic mass is 9.87. The minimum atomic E-state index is -3.00. The highest BCUT2D eigenvalue weighted by atomic mass is 16.8. The van der Waals surface area contributed by atoms with Crippen LogP contribution in [-0.2, 0) is 109 Å². The summed E-state index contributed by atoms with van der Waals surface area (Å²) in [5, 5.41) is 261. The maximum Gasteiger partial charge on any atom is 0.364 e. The fraction of sp³-hybridized carbons (Fsp3) is 0.879. The minimum Gasteiger partial charge on any atom is -0.477 e. The molecule has 8 rings (SSSR count). The van der Waals surface area contributed by atoms with Crippen LogP contribution in [0.4, 0.5) is 0 Å². The molecule has 36 unspecified atom stereocenters. The van der Waals surface area contributed by atoms with Crippen LogP contribution < -0.4 is 31.9 Å². The number of hydrogen-bond donors (Lipinski definition) is 28. The molecule has 42 atom stereocenters. The highest BCUT2D eigenvalue weighted by molar-refractivity contribution is 5.78. The molecule has 8 aliphatic rings. The van der Waals surface area contributed by atoms with Gasteiger partial charge in [-0.1, -0.05) is 0 Å². The molecule has 0 bridgehead atoms. The zero-order valence-corrected chi connectivity index (χ0v) is 64.0. The maximum absolute atomic E-state index is 13.3. The summed E-state index contributed by atoms with van der Waals surface area (Å²) in [6.07, 6.45) is -73.7. The maximum atomic E-state index is 13.3. The van der Waals surface area contributed by atoms with Gasteiger partial charge in [0, 0.05) is 54.4 Å². The van der Waals surface area contributed by atoms with Gasteiger partial charge in [-0.3, -0.25) is 28.8 Å². The summed E-state index contributed by atoms with van der Waals surface area (Å²) in [6, 6.07) is -9.97. The summed E-state index contributed by atoms with van der Waals surface area (Å²) in [4.78, 5) is 101. The third-order valence-corrected chi connectivity index (χ3v) is 20.8. The van der Waals surface area contributed by atoms with E-state index in [1.165, 1.54) is 6.92 Å². The number of aliphatic hydroxyl groups is 20. The molecule has 0 radical (unpaired) electrons. The van der Waals surface area contributed by atoms with E-state index in [4.69, 9.17) is 71.1 Å². The summed E-state index contributed by atoms with van der Waals surface area (Å²) in [5.41, 5.74) is 0. The van der Waals surface area contributed by atoms with Gasteiger partial charge in [0.2, 0.25) is 35.4 Å². The van der Waals surface area contributed by atoms with Crippen LogP contribution in [0.2, 0.25) is 0 Å². The van der Waals surface area contributed by atoms with Crippen LogP contribution in [0.15, 0.2) is 0 Å². The lowest BCUT2D eigenvalue weighted by molar-refractivity contribution is -0.380. The first kappa shape index (κ1) is 96.8. The number of carbonyl (C=O) groups excluding carboxylic acids is 6. The van der Waals surface area contributed by atoms with Crippen molar-refractivity contribution in [3.8, 4) is 0 Å². The number of rotatable bonds is 32. The van der Waals surface area contributed by atoms with E-state index in [1.807, 2.05) is 0 Å². The number of carbonyl (C=O) groups is 8. The summed E-state index contributed by atoms with van der Waals surface area (Å²) < 4.78 is 87.5. The zero-order chi connectivity index (χ0) is 87.2. The smallest absolute Gasteiger partial charge is 0.364 e. The topological polar surface area (TPSA) is 792 Å². The third kappa shape index (κ3) is 22.4. The molecule has 0 aliphatic carbocycles. The summed E-state index contributed by atoms with van der Waals surface area (Å²) in [5.74, 6) is -14.9. The largest absolute Gasteiger partial charge is 0.477 e. The molecule has 51 heteroatoms. The molecule has 0 spiro atoms. The van der Waals surface area contributed by atoms with Gasteiger partial charge >= 0.3 is 11.9 Å². The standard InChI is InChI=1S/C66H108N6O45/c1-17(75)33(67-19(3)77)52-35(69-21(5)79)25(83)9-65(116-52,63(99)100)105-15-31-40(86)45(91)48(94)59(109-31)103-13-29-39(85)47(93)50(96)61(111-29)114-55-38(72-24(8)82)58(108-28(12-74)43(55)89)115-56-44(90)30(112-62(51(56)97)113-54-37(71-23(7)81)57(98)107-27(11-73)42(54)88)14-104-60-49(95)46(92)41(87)32(110-60)16-106-66(64(101)102)10-26(84)36(70-22(6)80)53(117-66)34(18(2)76)68-20(4)78/h17-18,25-62,73-76,83-98H,9-16H2,1-8H3,(H,67,77)(H,68,78)(H,69,79)(H,70,80)(H,71,81)(H,72,82)(H,99,100)(H,101,102)/t17-,18-,25?,26?,27?,28?,29?,30?,31?,32?,33-,34-,35?,36?,37?,38?,39?,40?,41?,42?,43?,44?,45?,46?,47?,48?,49?,50?,51?,52?,53?,54?,55?,56?,57?,58?,59?,60?,61?,62?,65-,66-/m0/s1. The van der Waals surface area contributed by atoms with Gasteiger partial charge in [0.1, 0.15) is 159 Å². The molecule has 8 aliphatic heterocycles. The Labute approximate surface area is 663 Å². The number of carboxylic acid groups (broad SMARTS) is 2. The molecule has 0 aromatic rings. The van der Waals surface area contributed by atoms with E-state index in [-0.39, 0.29) is 0 Å². The Morgan fingerprint density at radius 3 is 1.03 bits per heavy atom. The molecule has 0 saturated carbocycles. The van der Waals surface area contributed by atoms with E-state index < -0.39 is 356 Å². The normalized spacial score (nSPS) is 44.3. The Bertz CT molecular complexity index is 3290. The Morgan fingerprint density at radius 2 is 0.667 bits per heavy atom. The minimum absolute atomic E-state index is 0.758. The van der Waals surface area contributed by atoms with Gasteiger partial charge in [0.05, 0.1) is 88.2 Å². The van der Waals surface area contributed by atoms with Gasteiger partial charge in [-0.2, -0.15) is 0 Å². The van der Waals surface area contributed by atoms with Crippen molar-refractivity contribution in [2.45, 2.75) is 325 Å². The monoisotopic (exact) mass is 1700 g/mol. The molecule has 6 amide bonds. The van der Waals surface area contributed by atoms with Crippen molar-refractivity contribution in [1.82, 2.24) is 31.9 Å². The number of hydrogen-bond acceptors (Lipinski definition) is 43. The molecule has 0 aromatic carbocycles. The van der Waals surface area contributed by atoms with Crippen LogP contribution in [0.5, 0.6) is 0 Å². The predicted molar refractivity (Wildman–Crippen MR) is 366 cm³/mol. The van der Waals surface area contributed by atoms with Crippen LogP contribution in [0.1, 0.15) is 68.2 Å². The fourth-order valence-electron chi connectivity index (χ4n) is 14.9. The molecule has 8 fully saturated rings. The number of aliphatic hydroxyl groups excluding tert-OH is 20. The molecule has 8 heterocycles. The van der Waals surface area contributed by atoms with Crippen molar-refractivity contribution in [1.29, 1.82) is 0 Å². The van der Waals surface area contributed by atoms with Crippen molar-refractivity contribution in [3.63, 3.8) is 0 Å². The quantitative estimate of drug-likeness (QED) is 0.0297. The van der Waals surface area contributed by atoms with Crippen LogP contribution in [-0.4, -0.2) is 456 Å². The Kier molecular flexibility index (Phi) is 33.9. The van der Waals surface area contributed by atoms with Gasteiger partial charge < -0.3 is 215 Å². The predicted octanol–water partition coefficient (Wildman–Crippen LogP) is -17.1. The molecule has 672 valence electrons. The lowest BCUT2D eigenvalue weighted by Gasteiger charge is -2.50. The number of ether oxygens (including phenoxy) is 15. The van der Waals surface area contributed by atoms with Gasteiger partial charge in [-0.15, -0.1) is 0 Å². The molecular weight excluding hydrogens is 1600 g/mol. The Morgan fingerprint density at radius 1 is 0.359 bits per heavy atom. The van der Waals surface area contributed by atoms with E-state index in [1.54, 1.807) is 0 Å². The first-order valence-electron chi connectivity index (χ1n) is 37.0. The number of aliphatic carboxylic acids is 2. The fourth-order valence-corrected chi connectivity index (χ4v) is 14.9. The van der Waals surface area contributed by atoms with Crippen LogP contribution in [0.25, 0.3) is 0 Å². The van der Waals surface area contributed by atoms with Gasteiger partial charge in [0.25, 0.3) is 11.6 Å². The third-order valence-electron chi connectivity index (χ3n) is 20.8. The van der Waals surface area contributed by atoms with E-state index in [9.17, 15) is 151 Å². The van der Waals surface area contributed by atoms with Crippen molar-refractivity contribution in [2.24, 2.45) is 0 Å². The van der Waals surface area contributed by atoms with Crippen LogP contribution in [0.3, 0.4) is 0 Å². The number of amides is 6. The molecule has 51 nitrogen and oxygen atoms in total. The van der Waals surface area contributed by atoms with Crippen molar-refractivity contribution in [2.75, 3.05) is 39.6 Å².